The zero-order valence-electron chi connectivity index (χ0n) is 11.0. The van der Waals surface area contributed by atoms with Crippen LogP contribution in [0.2, 0.25) is 0 Å². The second kappa shape index (κ2) is 6.24. The molecular formula is C13H25NO2. The average molecular weight is 227 g/mol. The predicted octanol–water partition coefficient (Wildman–Crippen LogP) is 2.35. The number of rotatable bonds is 6. The van der Waals surface area contributed by atoms with Gasteiger partial charge in [-0.15, -0.1) is 0 Å². The lowest BCUT2D eigenvalue weighted by molar-refractivity contribution is -0.148. The SMILES string of the molecule is CCOC(=O)[C@H](C)[C@@H](C)N[C@@H](C)C1CCC1. The molecule has 94 valence electrons. The molecule has 0 aliphatic heterocycles. The van der Waals surface area contributed by atoms with E-state index in [1.807, 2.05) is 13.8 Å². The lowest BCUT2D eigenvalue weighted by Gasteiger charge is -2.35. The van der Waals surface area contributed by atoms with Crippen LogP contribution in [0.25, 0.3) is 0 Å². The number of hydrogen-bond donors (Lipinski definition) is 1. The van der Waals surface area contributed by atoms with E-state index in [1.165, 1.54) is 19.3 Å². The molecule has 0 aromatic rings. The first-order valence-electron chi connectivity index (χ1n) is 6.49. The molecule has 0 aromatic carbocycles. The molecule has 0 heterocycles. The highest BCUT2D eigenvalue weighted by atomic mass is 16.5. The predicted molar refractivity (Wildman–Crippen MR) is 65.2 cm³/mol. The Hall–Kier alpha value is -0.570. The third-order valence-corrected chi connectivity index (χ3v) is 3.79. The molecule has 0 unspecified atom stereocenters. The highest BCUT2D eigenvalue weighted by Gasteiger charge is 2.28. The summed E-state index contributed by atoms with van der Waals surface area (Å²) in [7, 11) is 0. The summed E-state index contributed by atoms with van der Waals surface area (Å²) in [5, 5.41) is 3.52. The summed E-state index contributed by atoms with van der Waals surface area (Å²) in [5.41, 5.74) is 0. The molecule has 0 spiro atoms. The maximum atomic E-state index is 11.6. The van der Waals surface area contributed by atoms with E-state index in [4.69, 9.17) is 4.74 Å². The lowest BCUT2D eigenvalue weighted by atomic mass is 9.80. The van der Waals surface area contributed by atoms with Crippen LogP contribution >= 0.6 is 0 Å². The minimum atomic E-state index is -0.0942. The van der Waals surface area contributed by atoms with Crippen molar-refractivity contribution >= 4 is 5.97 Å². The van der Waals surface area contributed by atoms with Crippen LogP contribution in [0.3, 0.4) is 0 Å². The van der Waals surface area contributed by atoms with Crippen LogP contribution in [0.15, 0.2) is 0 Å². The van der Waals surface area contributed by atoms with Crippen molar-refractivity contribution < 1.29 is 9.53 Å². The largest absolute Gasteiger partial charge is 0.466 e. The van der Waals surface area contributed by atoms with E-state index in [1.54, 1.807) is 0 Å². The van der Waals surface area contributed by atoms with Gasteiger partial charge in [-0.1, -0.05) is 13.3 Å². The van der Waals surface area contributed by atoms with E-state index in [0.29, 0.717) is 12.6 Å². The molecule has 16 heavy (non-hydrogen) atoms. The van der Waals surface area contributed by atoms with Crippen molar-refractivity contribution in [1.29, 1.82) is 0 Å². The Labute approximate surface area is 98.9 Å². The van der Waals surface area contributed by atoms with Crippen molar-refractivity contribution in [3.8, 4) is 0 Å². The second-order valence-electron chi connectivity index (χ2n) is 4.98. The van der Waals surface area contributed by atoms with Gasteiger partial charge in [0.2, 0.25) is 0 Å². The van der Waals surface area contributed by atoms with E-state index < -0.39 is 0 Å². The molecule has 0 radical (unpaired) electrons. The zero-order valence-corrected chi connectivity index (χ0v) is 11.0. The smallest absolute Gasteiger partial charge is 0.310 e. The minimum Gasteiger partial charge on any atom is -0.466 e. The maximum absolute atomic E-state index is 11.6. The lowest BCUT2D eigenvalue weighted by Crippen LogP contribution is -2.46. The molecule has 1 aliphatic rings. The van der Waals surface area contributed by atoms with Gasteiger partial charge in [0.25, 0.3) is 0 Å². The van der Waals surface area contributed by atoms with Crippen molar-refractivity contribution in [2.75, 3.05) is 6.61 Å². The van der Waals surface area contributed by atoms with Crippen molar-refractivity contribution in [3.05, 3.63) is 0 Å². The number of carbonyl (C=O) groups excluding carboxylic acids is 1. The van der Waals surface area contributed by atoms with Gasteiger partial charge in [-0.25, -0.2) is 0 Å². The van der Waals surface area contributed by atoms with Gasteiger partial charge in [0.1, 0.15) is 0 Å². The molecule has 0 aromatic heterocycles. The molecule has 3 heteroatoms. The van der Waals surface area contributed by atoms with Crippen LogP contribution in [0.4, 0.5) is 0 Å². The van der Waals surface area contributed by atoms with Crippen LogP contribution < -0.4 is 5.32 Å². The van der Waals surface area contributed by atoms with Gasteiger partial charge in [-0.05, 0) is 39.5 Å². The number of carbonyl (C=O) groups is 1. The fourth-order valence-electron chi connectivity index (χ4n) is 2.11. The van der Waals surface area contributed by atoms with Crippen LogP contribution in [0.1, 0.15) is 47.0 Å². The maximum Gasteiger partial charge on any atom is 0.310 e. The van der Waals surface area contributed by atoms with Gasteiger partial charge in [-0.2, -0.15) is 0 Å². The Kier molecular flexibility index (Phi) is 5.26. The number of ether oxygens (including phenoxy) is 1. The van der Waals surface area contributed by atoms with Crippen molar-refractivity contribution in [3.63, 3.8) is 0 Å². The summed E-state index contributed by atoms with van der Waals surface area (Å²) >= 11 is 0. The van der Waals surface area contributed by atoms with Gasteiger partial charge >= 0.3 is 5.97 Å². The fourth-order valence-corrected chi connectivity index (χ4v) is 2.11. The van der Waals surface area contributed by atoms with Crippen molar-refractivity contribution in [2.24, 2.45) is 11.8 Å². The van der Waals surface area contributed by atoms with Crippen LogP contribution in [-0.2, 0) is 9.53 Å². The molecule has 1 N–H and O–H groups in total. The molecular weight excluding hydrogens is 202 g/mol. The molecule has 1 aliphatic carbocycles. The van der Waals surface area contributed by atoms with Gasteiger partial charge in [0.15, 0.2) is 0 Å². The number of esters is 1. The third kappa shape index (κ3) is 3.48. The van der Waals surface area contributed by atoms with Crippen LogP contribution in [0, 0.1) is 11.8 Å². The Morgan fingerprint density at radius 2 is 2.00 bits per heavy atom. The number of nitrogens with one attached hydrogen (secondary N) is 1. The quantitative estimate of drug-likeness (QED) is 0.708. The normalized spacial score (nSPS) is 22.0. The average Bonchev–Trinajstić information content (AvgIpc) is 2.13. The molecule has 1 fully saturated rings. The minimum absolute atomic E-state index is 0.0672. The highest BCUT2D eigenvalue weighted by molar-refractivity contribution is 5.72. The molecule has 0 bridgehead atoms. The Morgan fingerprint density at radius 1 is 1.38 bits per heavy atom. The first-order valence-corrected chi connectivity index (χ1v) is 6.49. The summed E-state index contributed by atoms with van der Waals surface area (Å²) in [5.74, 6) is 0.641. The highest BCUT2D eigenvalue weighted by Crippen LogP contribution is 2.29. The molecule has 3 nitrogen and oxygen atoms in total. The molecule has 3 atom stereocenters. The van der Waals surface area contributed by atoms with Crippen LogP contribution in [0.5, 0.6) is 0 Å². The third-order valence-electron chi connectivity index (χ3n) is 3.79. The zero-order chi connectivity index (χ0) is 12.1. The Morgan fingerprint density at radius 3 is 2.44 bits per heavy atom. The molecule has 0 saturated heterocycles. The van der Waals surface area contributed by atoms with Crippen molar-refractivity contribution in [1.82, 2.24) is 5.32 Å². The summed E-state index contributed by atoms with van der Waals surface area (Å²) in [6, 6.07) is 0.704. The van der Waals surface area contributed by atoms with Gasteiger partial charge in [0, 0.05) is 12.1 Å². The first-order chi connectivity index (χ1) is 7.56. The molecule has 0 amide bonds. The van der Waals surface area contributed by atoms with Gasteiger partial charge in [0.05, 0.1) is 12.5 Å². The van der Waals surface area contributed by atoms with Gasteiger partial charge in [-0.3, -0.25) is 4.79 Å². The Bertz CT molecular complexity index is 226. The summed E-state index contributed by atoms with van der Waals surface area (Å²) < 4.78 is 5.03. The monoisotopic (exact) mass is 227 g/mol. The fraction of sp³-hybridized carbons (Fsp3) is 0.923. The Balaban J connectivity index is 2.31. The second-order valence-corrected chi connectivity index (χ2v) is 4.98. The van der Waals surface area contributed by atoms with Crippen molar-refractivity contribution in [2.45, 2.75) is 59.0 Å². The van der Waals surface area contributed by atoms with E-state index in [-0.39, 0.29) is 17.9 Å². The summed E-state index contributed by atoms with van der Waals surface area (Å²) in [6.07, 6.45) is 4.02. The summed E-state index contributed by atoms with van der Waals surface area (Å²) in [4.78, 5) is 11.6. The standard InChI is InChI=1S/C13H25NO2/c1-5-16-13(15)9(2)10(3)14-11(4)12-7-6-8-12/h9-12,14H,5-8H2,1-4H3/t9-,10-,11+/m1/s1. The van der Waals surface area contributed by atoms with E-state index in [9.17, 15) is 4.79 Å². The summed E-state index contributed by atoms with van der Waals surface area (Å²) in [6.45, 7) is 8.53. The molecule has 1 saturated carbocycles. The van der Waals surface area contributed by atoms with E-state index in [0.717, 1.165) is 5.92 Å². The molecule has 1 rings (SSSR count). The topological polar surface area (TPSA) is 38.3 Å². The first kappa shape index (κ1) is 13.5. The van der Waals surface area contributed by atoms with E-state index >= 15 is 0 Å². The van der Waals surface area contributed by atoms with Crippen LogP contribution in [-0.4, -0.2) is 24.7 Å². The van der Waals surface area contributed by atoms with Gasteiger partial charge < -0.3 is 10.1 Å². The number of hydrogen-bond acceptors (Lipinski definition) is 3. The van der Waals surface area contributed by atoms with E-state index in [2.05, 4.69) is 19.2 Å².